The van der Waals surface area contributed by atoms with Crippen molar-refractivity contribution < 1.29 is 4.74 Å². The minimum Gasteiger partial charge on any atom is -0.358 e. The van der Waals surface area contributed by atoms with E-state index in [0.29, 0.717) is 11.9 Å². The Hall–Kier alpha value is -0.0500. The molecular formula is C12H17ClIN3OS. The minimum absolute atomic E-state index is 0.457. The van der Waals surface area contributed by atoms with Crippen LogP contribution in [-0.4, -0.2) is 45.9 Å². The van der Waals surface area contributed by atoms with Crippen LogP contribution in [0.4, 0.5) is 0 Å². The summed E-state index contributed by atoms with van der Waals surface area (Å²) in [5.74, 6) is 1.10. The van der Waals surface area contributed by atoms with Crippen molar-refractivity contribution in [3.63, 3.8) is 0 Å². The summed E-state index contributed by atoms with van der Waals surface area (Å²) in [5.41, 5.74) is 0.955. The summed E-state index contributed by atoms with van der Waals surface area (Å²) in [5, 5.41) is 5.96. The number of rotatable bonds is 5. The molecule has 0 aliphatic rings. The van der Waals surface area contributed by atoms with E-state index in [1.54, 1.807) is 6.20 Å². The maximum absolute atomic E-state index is 5.90. The summed E-state index contributed by atoms with van der Waals surface area (Å²) in [6, 6.07) is 1.83. The van der Waals surface area contributed by atoms with Crippen molar-refractivity contribution in [2.45, 2.75) is 6.73 Å². The SMILES string of the molecule is CS(C)(C)CCOCn1nc(I)c2cc(Cl)ncc21. The molecule has 0 N–H and O–H groups in total. The van der Waals surface area contributed by atoms with Crippen LogP contribution in [0.3, 0.4) is 0 Å². The highest BCUT2D eigenvalue weighted by atomic mass is 127. The van der Waals surface area contributed by atoms with Gasteiger partial charge < -0.3 is 4.74 Å². The Labute approximate surface area is 133 Å². The molecule has 0 unspecified atom stereocenters. The number of aromatic nitrogens is 3. The Morgan fingerprint density at radius 1 is 1.42 bits per heavy atom. The lowest BCUT2D eigenvalue weighted by Gasteiger charge is -2.24. The average molecular weight is 414 g/mol. The van der Waals surface area contributed by atoms with Gasteiger partial charge in [-0.1, -0.05) is 11.6 Å². The third kappa shape index (κ3) is 4.21. The van der Waals surface area contributed by atoms with Crippen molar-refractivity contribution >= 4 is 55.1 Å². The smallest absolute Gasteiger partial charge is 0.140 e. The first-order valence-corrected chi connectivity index (χ1v) is 10.3. The molecule has 2 aromatic rings. The topological polar surface area (TPSA) is 39.9 Å². The van der Waals surface area contributed by atoms with Gasteiger partial charge in [-0.15, -0.1) is 0 Å². The number of ether oxygens (including phenoxy) is 1. The molecule has 2 aromatic heterocycles. The van der Waals surface area contributed by atoms with Gasteiger partial charge in [-0.05, 0) is 47.4 Å². The summed E-state index contributed by atoms with van der Waals surface area (Å²) in [6.45, 7) is 1.22. The first-order chi connectivity index (χ1) is 8.87. The second-order valence-electron chi connectivity index (χ2n) is 5.15. The van der Waals surface area contributed by atoms with Crippen molar-refractivity contribution in [3.05, 3.63) is 21.1 Å². The lowest BCUT2D eigenvalue weighted by atomic mass is 10.3. The normalized spacial score (nSPS) is 13.1. The van der Waals surface area contributed by atoms with Gasteiger partial charge in [-0.2, -0.15) is 5.10 Å². The Bertz CT molecular complexity index is 582. The fourth-order valence-electron chi connectivity index (χ4n) is 1.57. The van der Waals surface area contributed by atoms with Gasteiger partial charge >= 0.3 is 0 Å². The van der Waals surface area contributed by atoms with E-state index in [4.69, 9.17) is 16.3 Å². The fraction of sp³-hybridized carbons (Fsp3) is 0.500. The minimum atomic E-state index is -0.507. The van der Waals surface area contributed by atoms with E-state index in [-0.39, 0.29) is 0 Å². The summed E-state index contributed by atoms with van der Waals surface area (Å²) in [7, 11) is -0.507. The van der Waals surface area contributed by atoms with Gasteiger partial charge in [-0.3, -0.25) is 0 Å². The first kappa shape index (κ1) is 15.3. The maximum atomic E-state index is 5.90. The number of nitrogens with zero attached hydrogens (tertiary/aromatic N) is 3. The highest BCUT2D eigenvalue weighted by molar-refractivity contribution is 14.1. The van der Waals surface area contributed by atoms with E-state index in [2.05, 4.69) is 51.4 Å². The molecule has 0 bridgehead atoms. The van der Waals surface area contributed by atoms with Gasteiger partial charge in [0.1, 0.15) is 15.6 Å². The molecule has 19 heavy (non-hydrogen) atoms. The standard InChI is InChI=1S/C12H17ClIN3OS/c1-19(2,3)5-4-18-8-17-10-7-15-11(13)6-9(10)12(14)16-17/h6-7H,4-5,8H2,1-3H3. The van der Waals surface area contributed by atoms with Crippen LogP contribution >= 0.6 is 44.2 Å². The van der Waals surface area contributed by atoms with Crippen LogP contribution < -0.4 is 0 Å². The Morgan fingerprint density at radius 2 is 2.16 bits per heavy atom. The molecule has 7 heteroatoms. The number of pyridine rings is 1. The predicted molar refractivity (Wildman–Crippen MR) is 91.4 cm³/mol. The van der Waals surface area contributed by atoms with Crippen LogP contribution in [0.1, 0.15) is 0 Å². The monoisotopic (exact) mass is 413 g/mol. The summed E-state index contributed by atoms with van der Waals surface area (Å²) >= 11 is 8.10. The fourth-order valence-corrected chi connectivity index (χ4v) is 3.03. The molecule has 0 aliphatic carbocycles. The van der Waals surface area contributed by atoms with Crippen molar-refractivity contribution in [3.8, 4) is 0 Å². The molecule has 0 saturated carbocycles. The third-order valence-corrected chi connectivity index (χ3v) is 5.01. The van der Waals surface area contributed by atoms with Crippen LogP contribution in [0.25, 0.3) is 10.9 Å². The maximum Gasteiger partial charge on any atom is 0.140 e. The van der Waals surface area contributed by atoms with Gasteiger partial charge in [0.05, 0.1) is 18.3 Å². The molecule has 0 aromatic carbocycles. The molecule has 0 fully saturated rings. The average Bonchev–Trinajstić information content (AvgIpc) is 2.60. The molecule has 0 atom stereocenters. The van der Waals surface area contributed by atoms with Crippen LogP contribution in [0.2, 0.25) is 5.15 Å². The summed E-state index contributed by atoms with van der Waals surface area (Å²) < 4.78 is 8.45. The lowest BCUT2D eigenvalue weighted by molar-refractivity contribution is 0.0838. The number of hydrogen-bond donors (Lipinski definition) is 0. The summed E-state index contributed by atoms with van der Waals surface area (Å²) in [6.07, 6.45) is 8.60. The Balaban J connectivity index is 2.05. The molecule has 0 saturated heterocycles. The molecule has 2 rings (SSSR count). The van der Waals surface area contributed by atoms with E-state index >= 15 is 0 Å². The molecular weight excluding hydrogens is 397 g/mol. The molecule has 0 radical (unpaired) electrons. The highest BCUT2D eigenvalue weighted by Crippen LogP contribution is 2.33. The number of fused-ring (bicyclic) bond motifs is 1. The lowest BCUT2D eigenvalue weighted by Crippen LogP contribution is -2.10. The van der Waals surface area contributed by atoms with Gasteiger partial charge in [0, 0.05) is 11.1 Å². The van der Waals surface area contributed by atoms with Gasteiger partial charge in [0.25, 0.3) is 0 Å². The Morgan fingerprint density at radius 3 is 2.84 bits per heavy atom. The van der Waals surface area contributed by atoms with E-state index in [1.165, 1.54) is 0 Å². The van der Waals surface area contributed by atoms with Crippen LogP contribution in [0, 0.1) is 3.70 Å². The highest BCUT2D eigenvalue weighted by Gasteiger charge is 2.10. The molecule has 0 spiro atoms. The van der Waals surface area contributed by atoms with Crippen LogP contribution in [-0.2, 0) is 11.5 Å². The zero-order valence-electron chi connectivity index (χ0n) is 11.2. The molecule has 0 amide bonds. The van der Waals surface area contributed by atoms with Crippen molar-refractivity contribution in [1.82, 2.24) is 14.8 Å². The number of hydrogen-bond acceptors (Lipinski definition) is 3. The molecule has 106 valence electrons. The van der Waals surface area contributed by atoms with E-state index in [1.807, 2.05) is 10.7 Å². The number of halogens is 2. The largest absolute Gasteiger partial charge is 0.358 e. The van der Waals surface area contributed by atoms with Gasteiger partial charge in [0.2, 0.25) is 0 Å². The quantitative estimate of drug-likeness (QED) is 0.429. The van der Waals surface area contributed by atoms with Gasteiger partial charge in [-0.25, -0.2) is 19.7 Å². The van der Waals surface area contributed by atoms with Gasteiger partial charge in [0.15, 0.2) is 0 Å². The first-order valence-electron chi connectivity index (χ1n) is 5.78. The van der Waals surface area contributed by atoms with Crippen molar-refractivity contribution in [2.24, 2.45) is 0 Å². The van der Waals surface area contributed by atoms with Crippen molar-refractivity contribution in [1.29, 1.82) is 0 Å². The molecule has 0 aliphatic heterocycles. The van der Waals surface area contributed by atoms with E-state index < -0.39 is 10.0 Å². The molecule has 2 heterocycles. The van der Waals surface area contributed by atoms with E-state index in [0.717, 1.165) is 27.0 Å². The summed E-state index contributed by atoms with van der Waals surface area (Å²) in [4.78, 5) is 4.10. The van der Waals surface area contributed by atoms with E-state index in [9.17, 15) is 0 Å². The predicted octanol–water partition coefficient (Wildman–Crippen LogP) is 3.36. The second-order valence-corrected chi connectivity index (χ2v) is 11.1. The van der Waals surface area contributed by atoms with Crippen LogP contribution in [0.5, 0.6) is 0 Å². The van der Waals surface area contributed by atoms with Crippen LogP contribution in [0.15, 0.2) is 12.3 Å². The molecule has 4 nitrogen and oxygen atoms in total. The Kier molecular flexibility index (Phi) is 4.97. The third-order valence-electron chi connectivity index (χ3n) is 2.61. The second kappa shape index (κ2) is 6.15. The zero-order valence-corrected chi connectivity index (χ0v) is 14.9. The van der Waals surface area contributed by atoms with Crippen molar-refractivity contribution in [2.75, 3.05) is 31.1 Å². The zero-order chi connectivity index (χ0) is 14.0.